The quantitative estimate of drug-likeness (QED) is 0.750. The number of rotatable bonds is 3. The monoisotopic (exact) mass is 281 g/mol. The minimum absolute atomic E-state index is 0.277. The summed E-state index contributed by atoms with van der Waals surface area (Å²) in [6.07, 6.45) is 0.917. The van der Waals surface area contributed by atoms with Gasteiger partial charge in [0.15, 0.2) is 0 Å². The molecule has 0 saturated carbocycles. The van der Waals surface area contributed by atoms with Crippen LogP contribution in [0.1, 0.15) is 23.6 Å². The van der Waals surface area contributed by atoms with Crippen LogP contribution in [-0.4, -0.2) is 20.1 Å². The molecule has 0 spiro atoms. The van der Waals surface area contributed by atoms with E-state index in [4.69, 9.17) is 4.74 Å². The van der Waals surface area contributed by atoms with Crippen LogP contribution in [0.15, 0.2) is 42.5 Å². The van der Waals surface area contributed by atoms with Crippen molar-refractivity contribution in [2.75, 3.05) is 14.2 Å². The van der Waals surface area contributed by atoms with Gasteiger partial charge in [-0.3, -0.25) is 0 Å². The predicted octanol–water partition coefficient (Wildman–Crippen LogP) is 2.87. The van der Waals surface area contributed by atoms with Crippen molar-refractivity contribution < 1.29 is 9.53 Å². The molecule has 0 bridgehead atoms. The van der Waals surface area contributed by atoms with Crippen LogP contribution in [0.2, 0.25) is 0 Å². The highest BCUT2D eigenvalue weighted by Crippen LogP contribution is 2.38. The summed E-state index contributed by atoms with van der Waals surface area (Å²) in [5, 5.41) is 3.08. The van der Waals surface area contributed by atoms with Crippen LogP contribution in [0.3, 0.4) is 0 Å². The van der Waals surface area contributed by atoms with E-state index < -0.39 is 5.54 Å². The molecule has 1 aliphatic rings. The molecule has 0 fully saturated rings. The second-order valence-corrected chi connectivity index (χ2v) is 5.57. The number of hydrogen-bond donors (Lipinski definition) is 1. The Hall–Kier alpha value is -2.13. The summed E-state index contributed by atoms with van der Waals surface area (Å²) >= 11 is 0. The van der Waals surface area contributed by atoms with E-state index in [1.807, 2.05) is 13.0 Å². The lowest BCUT2D eigenvalue weighted by atomic mass is 9.89. The Balaban J connectivity index is 2.06. The Morgan fingerprint density at radius 3 is 2.57 bits per heavy atom. The molecule has 108 valence electrons. The third-order valence-electron chi connectivity index (χ3n) is 4.46. The number of methoxy groups -OCH3 is 1. The molecule has 0 aliphatic heterocycles. The van der Waals surface area contributed by atoms with Gasteiger partial charge < -0.3 is 10.1 Å². The number of nitrogens with one attached hydrogen (secondary N) is 1. The largest absolute Gasteiger partial charge is 0.467 e. The number of fused-ring (bicyclic) bond motifs is 3. The minimum Gasteiger partial charge on any atom is -0.467 e. The summed E-state index contributed by atoms with van der Waals surface area (Å²) in [6.45, 7) is 1.85. The lowest BCUT2D eigenvalue weighted by molar-refractivity contribution is -0.148. The fourth-order valence-electron chi connectivity index (χ4n) is 3.02. The van der Waals surface area contributed by atoms with Crippen molar-refractivity contribution in [2.24, 2.45) is 0 Å². The molecule has 3 rings (SSSR count). The average molecular weight is 281 g/mol. The molecule has 0 saturated heterocycles. The van der Waals surface area contributed by atoms with Crippen LogP contribution < -0.4 is 5.32 Å². The molecule has 2 aromatic carbocycles. The van der Waals surface area contributed by atoms with E-state index in [0.717, 1.165) is 12.0 Å². The van der Waals surface area contributed by atoms with E-state index in [1.54, 1.807) is 7.05 Å². The Bertz CT molecular complexity index is 708. The Morgan fingerprint density at radius 1 is 1.14 bits per heavy atom. The number of ether oxygens (including phenoxy) is 1. The van der Waals surface area contributed by atoms with Gasteiger partial charge in [0, 0.05) is 0 Å². The molecule has 1 atom stereocenters. The highest BCUT2D eigenvalue weighted by Gasteiger charge is 2.35. The first-order valence-corrected chi connectivity index (χ1v) is 7.09. The van der Waals surface area contributed by atoms with Gasteiger partial charge in [0.2, 0.25) is 0 Å². The van der Waals surface area contributed by atoms with Crippen molar-refractivity contribution in [1.82, 2.24) is 5.32 Å². The van der Waals surface area contributed by atoms with Crippen molar-refractivity contribution in [3.63, 3.8) is 0 Å². The topological polar surface area (TPSA) is 38.3 Å². The van der Waals surface area contributed by atoms with Crippen molar-refractivity contribution in [3.8, 4) is 11.1 Å². The Kier molecular flexibility index (Phi) is 3.30. The van der Waals surface area contributed by atoms with Gasteiger partial charge in [-0.15, -0.1) is 0 Å². The van der Waals surface area contributed by atoms with Gasteiger partial charge in [0.1, 0.15) is 5.54 Å². The van der Waals surface area contributed by atoms with Gasteiger partial charge in [-0.05, 0) is 48.2 Å². The number of carbonyl (C=O) groups is 1. The predicted molar refractivity (Wildman–Crippen MR) is 83.1 cm³/mol. The first-order valence-electron chi connectivity index (χ1n) is 7.09. The van der Waals surface area contributed by atoms with E-state index in [9.17, 15) is 4.79 Å². The summed E-state index contributed by atoms with van der Waals surface area (Å²) in [6, 6.07) is 14.7. The molecule has 2 aromatic rings. The molecule has 0 aromatic heterocycles. The number of esters is 1. The summed E-state index contributed by atoms with van der Waals surface area (Å²) in [5.74, 6) is -0.277. The zero-order valence-corrected chi connectivity index (χ0v) is 12.6. The standard InChI is InChI=1S/C18H19NO2/c1-18(19-2,17(20)21-3)14-8-9-16-13(11-14)10-12-6-4-5-7-15(12)16/h4-9,11,19H,10H2,1-3H3. The SMILES string of the molecule is CNC(C)(C(=O)OC)c1ccc2c(c1)Cc1ccccc1-2. The van der Waals surface area contributed by atoms with E-state index in [-0.39, 0.29) is 5.97 Å². The zero-order valence-electron chi connectivity index (χ0n) is 12.6. The van der Waals surface area contributed by atoms with Gasteiger partial charge in [0.05, 0.1) is 7.11 Å². The van der Waals surface area contributed by atoms with Gasteiger partial charge in [-0.1, -0.05) is 42.5 Å². The lowest BCUT2D eigenvalue weighted by Crippen LogP contribution is -2.45. The molecule has 0 radical (unpaired) electrons. The number of carbonyl (C=O) groups excluding carboxylic acids is 1. The highest BCUT2D eigenvalue weighted by molar-refractivity contribution is 5.83. The van der Waals surface area contributed by atoms with Gasteiger partial charge in [0.25, 0.3) is 0 Å². The molecule has 0 heterocycles. The van der Waals surface area contributed by atoms with Crippen LogP contribution in [0, 0.1) is 0 Å². The maximum atomic E-state index is 12.1. The number of hydrogen-bond acceptors (Lipinski definition) is 3. The molecule has 0 amide bonds. The Morgan fingerprint density at radius 2 is 1.86 bits per heavy atom. The first kappa shape index (κ1) is 13.8. The van der Waals surface area contributed by atoms with Crippen molar-refractivity contribution in [2.45, 2.75) is 18.9 Å². The summed E-state index contributed by atoms with van der Waals surface area (Å²) in [7, 11) is 3.19. The van der Waals surface area contributed by atoms with Crippen LogP contribution >= 0.6 is 0 Å². The third kappa shape index (κ3) is 2.05. The molecule has 3 heteroatoms. The summed E-state index contributed by atoms with van der Waals surface area (Å²) in [5.41, 5.74) is 5.27. The van der Waals surface area contributed by atoms with Crippen molar-refractivity contribution >= 4 is 5.97 Å². The van der Waals surface area contributed by atoms with Gasteiger partial charge in [-0.2, -0.15) is 0 Å². The van der Waals surface area contributed by atoms with Crippen LogP contribution in [-0.2, 0) is 21.5 Å². The Labute approximate surface area is 124 Å². The lowest BCUT2D eigenvalue weighted by Gasteiger charge is -2.27. The summed E-state index contributed by atoms with van der Waals surface area (Å²) < 4.78 is 4.94. The van der Waals surface area contributed by atoms with Gasteiger partial charge in [-0.25, -0.2) is 4.79 Å². The van der Waals surface area contributed by atoms with Crippen LogP contribution in [0.25, 0.3) is 11.1 Å². The maximum Gasteiger partial charge on any atom is 0.330 e. The van der Waals surface area contributed by atoms with E-state index in [0.29, 0.717) is 0 Å². The molecule has 1 aliphatic carbocycles. The normalized spacial score (nSPS) is 15.0. The fourth-order valence-corrected chi connectivity index (χ4v) is 3.02. The molecule has 21 heavy (non-hydrogen) atoms. The van der Waals surface area contributed by atoms with E-state index >= 15 is 0 Å². The van der Waals surface area contributed by atoms with Crippen LogP contribution in [0.5, 0.6) is 0 Å². The second kappa shape index (κ2) is 5.01. The minimum atomic E-state index is -0.821. The first-order chi connectivity index (χ1) is 10.1. The second-order valence-electron chi connectivity index (χ2n) is 5.57. The van der Waals surface area contributed by atoms with E-state index in [1.165, 1.54) is 29.4 Å². The summed E-state index contributed by atoms with van der Waals surface area (Å²) in [4.78, 5) is 12.1. The smallest absolute Gasteiger partial charge is 0.330 e. The molecular formula is C18H19NO2. The van der Waals surface area contributed by atoms with E-state index in [2.05, 4.69) is 41.7 Å². The van der Waals surface area contributed by atoms with Crippen molar-refractivity contribution in [1.29, 1.82) is 0 Å². The maximum absolute atomic E-state index is 12.1. The highest BCUT2D eigenvalue weighted by atomic mass is 16.5. The zero-order chi connectivity index (χ0) is 15.0. The molecule has 3 nitrogen and oxygen atoms in total. The van der Waals surface area contributed by atoms with Crippen LogP contribution in [0.4, 0.5) is 0 Å². The molecular weight excluding hydrogens is 262 g/mol. The number of benzene rings is 2. The molecule has 1 N–H and O–H groups in total. The van der Waals surface area contributed by atoms with Gasteiger partial charge >= 0.3 is 5.97 Å². The molecule has 1 unspecified atom stereocenters. The third-order valence-corrected chi connectivity index (χ3v) is 4.46. The number of likely N-dealkylation sites (N-methyl/N-ethyl adjacent to an activating group) is 1. The average Bonchev–Trinajstić information content (AvgIpc) is 2.90. The fraction of sp³-hybridized carbons (Fsp3) is 0.278. The van der Waals surface area contributed by atoms with Crippen molar-refractivity contribution in [3.05, 3.63) is 59.2 Å².